The lowest BCUT2D eigenvalue weighted by Crippen LogP contribution is -2.14. The van der Waals surface area contributed by atoms with Gasteiger partial charge in [-0.05, 0) is 66.6 Å². The predicted molar refractivity (Wildman–Crippen MR) is 96.4 cm³/mol. The van der Waals surface area contributed by atoms with Crippen molar-refractivity contribution >= 4 is 11.6 Å². The SMILES string of the molecule is Cc1cccc(Oc2ccc(NC(=O)Cc3ccc(F)cc3)cc2)c1. The van der Waals surface area contributed by atoms with E-state index in [1.807, 2.05) is 31.2 Å². The van der Waals surface area contributed by atoms with E-state index in [1.165, 1.54) is 12.1 Å². The maximum atomic E-state index is 12.9. The summed E-state index contributed by atoms with van der Waals surface area (Å²) in [5.74, 6) is 1.00. The topological polar surface area (TPSA) is 38.3 Å². The van der Waals surface area contributed by atoms with Crippen LogP contribution in [0.5, 0.6) is 11.5 Å². The Labute approximate surface area is 146 Å². The lowest BCUT2D eigenvalue weighted by Gasteiger charge is -2.09. The molecule has 0 aliphatic heterocycles. The average molecular weight is 335 g/mol. The van der Waals surface area contributed by atoms with Crippen molar-refractivity contribution in [1.82, 2.24) is 0 Å². The summed E-state index contributed by atoms with van der Waals surface area (Å²) >= 11 is 0. The maximum Gasteiger partial charge on any atom is 0.228 e. The van der Waals surface area contributed by atoms with Gasteiger partial charge in [0.2, 0.25) is 5.91 Å². The lowest BCUT2D eigenvalue weighted by atomic mass is 10.1. The van der Waals surface area contributed by atoms with Crippen molar-refractivity contribution in [3.05, 3.63) is 89.7 Å². The number of carbonyl (C=O) groups is 1. The average Bonchev–Trinajstić information content (AvgIpc) is 2.59. The summed E-state index contributed by atoms with van der Waals surface area (Å²) in [5, 5.41) is 2.82. The van der Waals surface area contributed by atoms with Crippen molar-refractivity contribution in [1.29, 1.82) is 0 Å². The van der Waals surface area contributed by atoms with Crippen LogP contribution in [0, 0.1) is 12.7 Å². The number of anilines is 1. The number of amides is 1. The highest BCUT2D eigenvalue weighted by atomic mass is 19.1. The van der Waals surface area contributed by atoms with Gasteiger partial charge in [-0.1, -0.05) is 24.3 Å². The number of carbonyl (C=O) groups excluding carboxylic acids is 1. The molecule has 0 spiro atoms. The van der Waals surface area contributed by atoms with Crippen LogP contribution in [-0.2, 0) is 11.2 Å². The van der Waals surface area contributed by atoms with E-state index in [-0.39, 0.29) is 18.1 Å². The molecule has 0 atom stereocenters. The summed E-state index contributed by atoms with van der Waals surface area (Å²) in [7, 11) is 0. The van der Waals surface area contributed by atoms with E-state index in [2.05, 4.69) is 5.32 Å². The van der Waals surface area contributed by atoms with E-state index >= 15 is 0 Å². The van der Waals surface area contributed by atoms with E-state index in [9.17, 15) is 9.18 Å². The molecule has 3 rings (SSSR count). The van der Waals surface area contributed by atoms with E-state index in [4.69, 9.17) is 4.74 Å². The first-order valence-corrected chi connectivity index (χ1v) is 7.97. The highest BCUT2D eigenvalue weighted by Gasteiger charge is 2.05. The molecule has 3 nitrogen and oxygen atoms in total. The highest BCUT2D eigenvalue weighted by molar-refractivity contribution is 5.92. The van der Waals surface area contributed by atoms with Crippen LogP contribution in [0.15, 0.2) is 72.8 Å². The summed E-state index contributed by atoms with van der Waals surface area (Å²) in [6.45, 7) is 2.01. The van der Waals surface area contributed by atoms with Gasteiger partial charge >= 0.3 is 0 Å². The van der Waals surface area contributed by atoms with Crippen LogP contribution in [0.3, 0.4) is 0 Å². The van der Waals surface area contributed by atoms with Crippen LogP contribution in [0.1, 0.15) is 11.1 Å². The second-order valence-corrected chi connectivity index (χ2v) is 5.79. The number of halogens is 1. The lowest BCUT2D eigenvalue weighted by molar-refractivity contribution is -0.115. The Morgan fingerprint density at radius 1 is 0.960 bits per heavy atom. The van der Waals surface area contributed by atoms with Gasteiger partial charge in [0.1, 0.15) is 17.3 Å². The number of hydrogen-bond donors (Lipinski definition) is 1. The molecular weight excluding hydrogens is 317 g/mol. The summed E-state index contributed by atoms with van der Waals surface area (Å²) in [6, 6.07) is 20.9. The summed E-state index contributed by atoms with van der Waals surface area (Å²) in [5.41, 5.74) is 2.57. The molecule has 0 saturated heterocycles. The molecule has 4 heteroatoms. The molecule has 0 bridgehead atoms. The smallest absolute Gasteiger partial charge is 0.228 e. The summed E-state index contributed by atoms with van der Waals surface area (Å²) in [6.07, 6.45) is 0.196. The molecule has 1 amide bonds. The fraction of sp³-hybridized carbons (Fsp3) is 0.0952. The Morgan fingerprint density at radius 2 is 1.68 bits per heavy atom. The minimum atomic E-state index is -0.312. The first-order chi connectivity index (χ1) is 12.1. The first-order valence-electron chi connectivity index (χ1n) is 7.97. The molecule has 0 heterocycles. The fourth-order valence-corrected chi connectivity index (χ4v) is 2.41. The molecule has 3 aromatic rings. The molecule has 0 fully saturated rings. The number of aryl methyl sites for hydroxylation is 1. The molecule has 0 saturated carbocycles. The van der Waals surface area contributed by atoms with Crippen molar-refractivity contribution < 1.29 is 13.9 Å². The normalized spacial score (nSPS) is 10.3. The minimum Gasteiger partial charge on any atom is -0.457 e. The number of hydrogen-bond acceptors (Lipinski definition) is 2. The van der Waals surface area contributed by atoms with Gasteiger partial charge < -0.3 is 10.1 Å². The van der Waals surface area contributed by atoms with Crippen molar-refractivity contribution in [3.8, 4) is 11.5 Å². The van der Waals surface area contributed by atoms with Crippen molar-refractivity contribution in [2.45, 2.75) is 13.3 Å². The zero-order valence-electron chi connectivity index (χ0n) is 13.8. The van der Waals surface area contributed by atoms with E-state index < -0.39 is 0 Å². The van der Waals surface area contributed by atoms with Gasteiger partial charge in [0, 0.05) is 5.69 Å². The van der Waals surface area contributed by atoms with E-state index in [0.717, 1.165) is 16.9 Å². The van der Waals surface area contributed by atoms with Crippen molar-refractivity contribution in [2.24, 2.45) is 0 Å². The zero-order valence-corrected chi connectivity index (χ0v) is 13.8. The number of nitrogens with one attached hydrogen (secondary N) is 1. The van der Waals surface area contributed by atoms with Crippen LogP contribution < -0.4 is 10.1 Å². The molecule has 0 aliphatic carbocycles. The van der Waals surface area contributed by atoms with Gasteiger partial charge in [0.25, 0.3) is 0 Å². The second kappa shape index (κ2) is 7.62. The van der Waals surface area contributed by atoms with Gasteiger partial charge in [-0.3, -0.25) is 4.79 Å². The Morgan fingerprint density at radius 3 is 2.36 bits per heavy atom. The fourth-order valence-electron chi connectivity index (χ4n) is 2.41. The van der Waals surface area contributed by atoms with Gasteiger partial charge in [-0.2, -0.15) is 0 Å². The predicted octanol–water partition coefficient (Wildman–Crippen LogP) is 5.11. The minimum absolute atomic E-state index is 0.154. The van der Waals surface area contributed by atoms with E-state index in [0.29, 0.717) is 11.4 Å². The molecule has 0 unspecified atom stereocenters. The quantitative estimate of drug-likeness (QED) is 0.704. The van der Waals surface area contributed by atoms with Gasteiger partial charge in [0.15, 0.2) is 0 Å². The summed E-state index contributed by atoms with van der Waals surface area (Å²) < 4.78 is 18.7. The Bertz CT molecular complexity index is 858. The summed E-state index contributed by atoms with van der Waals surface area (Å²) in [4.78, 5) is 12.0. The Hall–Kier alpha value is -3.14. The number of benzene rings is 3. The maximum absolute atomic E-state index is 12.9. The molecule has 0 aromatic heterocycles. The monoisotopic (exact) mass is 335 g/mol. The van der Waals surface area contributed by atoms with Crippen LogP contribution >= 0.6 is 0 Å². The molecule has 0 radical (unpaired) electrons. The standard InChI is InChI=1S/C21H18FNO2/c1-15-3-2-4-20(13-15)25-19-11-9-18(10-12-19)23-21(24)14-16-5-7-17(22)8-6-16/h2-13H,14H2,1H3,(H,23,24). The largest absolute Gasteiger partial charge is 0.457 e. The van der Waals surface area contributed by atoms with Crippen LogP contribution in [0.2, 0.25) is 0 Å². The van der Waals surface area contributed by atoms with Crippen LogP contribution in [0.25, 0.3) is 0 Å². The van der Waals surface area contributed by atoms with Crippen LogP contribution in [-0.4, -0.2) is 5.91 Å². The highest BCUT2D eigenvalue weighted by Crippen LogP contribution is 2.23. The van der Waals surface area contributed by atoms with Gasteiger partial charge in [-0.15, -0.1) is 0 Å². The number of rotatable bonds is 5. The third kappa shape index (κ3) is 4.91. The van der Waals surface area contributed by atoms with Crippen molar-refractivity contribution in [3.63, 3.8) is 0 Å². The Kier molecular flexibility index (Phi) is 5.09. The molecule has 1 N–H and O–H groups in total. The Balaban J connectivity index is 1.58. The number of ether oxygens (including phenoxy) is 1. The van der Waals surface area contributed by atoms with Gasteiger partial charge in [-0.25, -0.2) is 4.39 Å². The van der Waals surface area contributed by atoms with Crippen LogP contribution in [0.4, 0.5) is 10.1 Å². The second-order valence-electron chi connectivity index (χ2n) is 5.79. The molecular formula is C21H18FNO2. The third-order valence-corrected chi connectivity index (χ3v) is 3.64. The molecule has 25 heavy (non-hydrogen) atoms. The molecule has 3 aromatic carbocycles. The van der Waals surface area contributed by atoms with E-state index in [1.54, 1.807) is 36.4 Å². The van der Waals surface area contributed by atoms with Crippen molar-refractivity contribution in [2.75, 3.05) is 5.32 Å². The molecule has 126 valence electrons. The van der Waals surface area contributed by atoms with Gasteiger partial charge in [0.05, 0.1) is 6.42 Å². The molecule has 0 aliphatic rings. The first kappa shape index (κ1) is 16.7. The third-order valence-electron chi connectivity index (χ3n) is 3.64. The zero-order chi connectivity index (χ0) is 17.6.